The zero-order chi connectivity index (χ0) is 29.2. The largest absolute Gasteiger partial charge is 0.497 e. The Bertz CT molecular complexity index is 1420. The average Bonchev–Trinajstić information content (AvgIpc) is 3.00. The molecule has 1 unspecified atom stereocenters. The number of carbonyl (C=O) groups is 1. The first-order valence-corrected chi connectivity index (χ1v) is 15.6. The van der Waals surface area contributed by atoms with Crippen LogP contribution in [0.5, 0.6) is 23.0 Å². The van der Waals surface area contributed by atoms with Crippen molar-refractivity contribution in [2.75, 3.05) is 45.0 Å². The van der Waals surface area contributed by atoms with E-state index in [4.69, 9.17) is 28.4 Å². The van der Waals surface area contributed by atoms with Crippen LogP contribution < -0.4 is 18.9 Å². The lowest BCUT2D eigenvalue weighted by atomic mass is 10.1. The first kappa shape index (κ1) is 30.5. The molecule has 0 bridgehead atoms. The van der Waals surface area contributed by atoms with E-state index in [9.17, 15) is 13.2 Å². The number of anilines is 1. The van der Waals surface area contributed by atoms with Crippen molar-refractivity contribution in [3.05, 3.63) is 66.2 Å². The highest BCUT2D eigenvalue weighted by atomic mass is 32.2. The van der Waals surface area contributed by atoms with Crippen molar-refractivity contribution in [3.8, 4) is 23.0 Å². The number of rotatable bonds is 13. The number of carbonyl (C=O) groups excluding carboxylic acids is 1. The number of ether oxygens (including phenoxy) is 6. The molecular weight excluding hydrogens is 570 g/mol. The number of benzene rings is 3. The third-order valence-electron chi connectivity index (χ3n) is 6.13. The van der Waals surface area contributed by atoms with E-state index in [0.29, 0.717) is 18.1 Å². The van der Waals surface area contributed by atoms with E-state index in [2.05, 4.69) is 4.72 Å². The summed E-state index contributed by atoms with van der Waals surface area (Å²) in [6.45, 7) is 0.935. The fourth-order valence-electron chi connectivity index (χ4n) is 4.04. The Kier molecular flexibility index (Phi) is 10.7. The summed E-state index contributed by atoms with van der Waals surface area (Å²) in [5.41, 5.74) is 0.0450. The summed E-state index contributed by atoms with van der Waals surface area (Å²) in [6, 6.07) is 16.0. The molecule has 0 amide bonds. The van der Waals surface area contributed by atoms with Crippen LogP contribution in [0.2, 0.25) is 0 Å². The highest BCUT2D eigenvalue weighted by Crippen LogP contribution is 2.42. The van der Waals surface area contributed by atoms with Gasteiger partial charge < -0.3 is 28.4 Å². The van der Waals surface area contributed by atoms with Crippen LogP contribution in [0.25, 0.3) is 0 Å². The second-order valence-corrected chi connectivity index (χ2v) is 11.5. The van der Waals surface area contributed by atoms with Gasteiger partial charge in [0, 0.05) is 17.6 Å². The maximum absolute atomic E-state index is 13.4. The van der Waals surface area contributed by atoms with E-state index in [1.54, 1.807) is 36.4 Å². The number of hydrogen-bond acceptors (Lipinski definition) is 10. The van der Waals surface area contributed by atoms with Crippen LogP contribution in [0.1, 0.15) is 29.6 Å². The second kappa shape index (κ2) is 14.4. The fourth-order valence-corrected chi connectivity index (χ4v) is 5.50. The molecule has 1 aliphatic rings. The predicted molar refractivity (Wildman–Crippen MR) is 155 cm³/mol. The van der Waals surface area contributed by atoms with Gasteiger partial charge >= 0.3 is 5.97 Å². The first-order chi connectivity index (χ1) is 19.8. The Labute approximate surface area is 244 Å². The lowest BCUT2D eigenvalue weighted by Crippen LogP contribution is -2.24. The van der Waals surface area contributed by atoms with Crippen LogP contribution >= 0.6 is 11.8 Å². The molecule has 1 saturated heterocycles. The first-order valence-electron chi connectivity index (χ1n) is 12.9. The molecule has 3 aromatic rings. The van der Waals surface area contributed by atoms with Gasteiger partial charge in [-0.05, 0) is 74.0 Å². The van der Waals surface area contributed by atoms with Gasteiger partial charge in [0.25, 0.3) is 10.0 Å². The van der Waals surface area contributed by atoms with Gasteiger partial charge in [0.15, 0.2) is 17.8 Å². The van der Waals surface area contributed by atoms with Gasteiger partial charge in [-0.2, -0.15) is 0 Å². The van der Waals surface area contributed by atoms with Gasteiger partial charge in [-0.25, -0.2) is 13.2 Å². The van der Waals surface area contributed by atoms with Gasteiger partial charge in [-0.1, -0.05) is 6.07 Å². The summed E-state index contributed by atoms with van der Waals surface area (Å²) < 4.78 is 63.1. The molecule has 0 aliphatic carbocycles. The lowest BCUT2D eigenvalue weighted by Gasteiger charge is -2.23. The van der Waals surface area contributed by atoms with Crippen LogP contribution in [0.15, 0.2) is 70.5 Å². The molecular formula is C29H33NO9S2. The number of esters is 1. The van der Waals surface area contributed by atoms with Crippen molar-refractivity contribution in [3.63, 3.8) is 0 Å². The minimum atomic E-state index is -4.08. The normalized spacial score (nSPS) is 15.1. The number of nitrogens with one attached hydrogen (secondary N) is 1. The standard InChI is InChI=1S/C29H33NO9S2/c1-34-21-7-6-8-22(19-21)39-28-25(30-41(32,33)24-12-10-23(40-3)11-13-24)17-20(29(31)35-2)18-26(28)36-15-16-38-27-9-4-5-14-37-27/h6-8,10-13,17-19,27,30H,4-5,9,14-16H2,1-3H3. The quantitative estimate of drug-likeness (QED) is 0.148. The molecule has 0 radical (unpaired) electrons. The Morgan fingerprint density at radius 2 is 1.80 bits per heavy atom. The highest BCUT2D eigenvalue weighted by Gasteiger charge is 2.24. The van der Waals surface area contributed by atoms with Crippen molar-refractivity contribution >= 4 is 33.4 Å². The minimum Gasteiger partial charge on any atom is -0.497 e. The molecule has 4 rings (SSSR count). The number of hydrogen-bond donors (Lipinski definition) is 1. The van der Waals surface area contributed by atoms with Crippen LogP contribution in [-0.2, 0) is 24.2 Å². The molecule has 12 heteroatoms. The molecule has 1 aliphatic heterocycles. The number of sulfonamides is 1. The molecule has 1 heterocycles. The maximum Gasteiger partial charge on any atom is 0.338 e. The molecule has 3 aromatic carbocycles. The molecule has 1 fully saturated rings. The maximum atomic E-state index is 13.4. The summed E-state index contributed by atoms with van der Waals surface area (Å²) in [4.78, 5) is 13.5. The predicted octanol–water partition coefficient (Wildman–Crippen LogP) is 5.72. The Morgan fingerprint density at radius 1 is 1.02 bits per heavy atom. The van der Waals surface area contributed by atoms with Gasteiger partial charge in [-0.3, -0.25) is 4.72 Å². The number of methoxy groups -OCH3 is 2. The van der Waals surface area contributed by atoms with E-state index < -0.39 is 16.0 Å². The van der Waals surface area contributed by atoms with Crippen LogP contribution in [-0.4, -0.2) is 61.0 Å². The minimum absolute atomic E-state index is 0.0174. The summed E-state index contributed by atoms with van der Waals surface area (Å²) in [5.74, 6) is 0.368. The summed E-state index contributed by atoms with van der Waals surface area (Å²) in [5, 5.41) is 0. The topological polar surface area (TPSA) is 119 Å². The van der Waals surface area contributed by atoms with E-state index >= 15 is 0 Å². The van der Waals surface area contributed by atoms with Crippen LogP contribution in [0, 0.1) is 0 Å². The van der Waals surface area contributed by atoms with Gasteiger partial charge in [0.1, 0.15) is 18.1 Å². The zero-order valence-corrected chi connectivity index (χ0v) is 24.7. The van der Waals surface area contributed by atoms with Crippen LogP contribution in [0.3, 0.4) is 0 Å². The molecule has 1 atom stereocenters. The van der Waals surface area contributed by atoms with E-state index in [1.807, 2.05) is 6.26 Å². The van der Waals surface area contributed by atoms with Gasteiger partial charge in [0.2, 0.25) is 0 Å². The van der Waals surface area contributed by atoms with E-state index in [1.165, 1.54) is 50.2 Å². The molecule has 0 aromatic heterocycles. The molecule has 10 nitrogen and oxygen atoms in total. The highest BCUT2D eigenvalue weighted by molar-refractivity contribution is 7.98. The molecule has 0 spiro atoms. The van der Waals surface area contributed by atoms with Gasteiger partial charge in [0.05, 0.1) is 37.0 Å². The van der Waals surface area contributed by atoms with E-state index in [0.717, 1.165) is 24.2 Å². The molecule has 0 saturated carbocycles. The summed E-state index contributed by atoms with van der Waals surface area (Å²) in [7, 11) is -1.33. The summed E-state index contributed by atoms with van der Waals surface area (Å²) in [6.07, 6.45) is 4.42. The monoisotopic (exact) mass is 603 g/mol. The molecule has 1 N–H and O–H groups in total. The Balaban J connectivity index is 1.70. The zero-order valence-electron chi connectivity index (χ0n) is 23.1. The van der Waals surface area contributed by atoms with Crippen LogP contribution in [0.4, 0.5) is 5.69 Å². The third kappa shape index (κ3) is 8.29. The van der Waals surface area contributed by atoms with Crippen molar-refractivity contribution in [2.24, 2.45) is 0 Å². The average molecular weight is 604 g/mol. The van der Waals surface area contributed by atoms with Crippen molar-refractivity contribution < 1.29 is 41.6 Å². The van der Waals surface area contributed by atoms with Crippen molar-refractivity contribution in [1.29, 1.82) is 0 Å². The summed E-state index contributed by atoms with van der Waals surface area (Å²) >= 11 is 1.50. The molecule has 41 heavy (non-hydrogen) atoms. The van der Waals surface area contributed by atoms with Crippen molar-refractivity contribution in [1.82, 2.24) is 0 Å². The smallest absolute Gasteiger partial charge is 0.338 e. The number of thioether (sulfide) groups is 1. The molecule has 220 valence electrons. The Morgan fingerprint density at radius 3 is 2.49 bits per heavy atom. The lowest BCUT2D eigenvalue weighted by molar-refractivity contribution is -0.165. The third-order valence-corrected chi connectivity index (χ3v) is 8.26. The van der Waals surface area contributed by atoms with Gasteiger partial charge in [-0.15, -0.1) is 11.8 Å². The SMILES string of the molecule is COC(=O)c1cc(NS(=O)(=O)c2ccc(SC)cc2)c(Oc2cccc(OC)c2)c(OCCOC2CCCCO2)c1. The van der Waals surface area contributed by atoms with Crippen molar-refractivity contribution in [2.45, 2.75) is 35.3 Å². The second-order valence-electron chi connectivity index (χ2n) is 8.92. The van der Waals surface area contributed by atoms with E-state index in [-0.39, 0.29) is 47.1 Å². The fraction of sp³-hybridized carbons (Fsp3) is 0.345. The Hall–Kier alpha value is -3.45.